The summed E-state index contributed by atoms with van der Waals surface area (Å²) in [5, 5.41) is 13.4. The number of ether oxygens (including phenoxy) is 2. The number of nitrogens with one attached hydrogen (secondary N) is 1. The van der Waals surface area contributed by atoms with E-state index < -0.39 is 11.9 Å². The molecule has 0 radical (unpaired) electrons. The Morgan fingerprint density at radius 2 is 1.88 bits per heavy atom. The highest BCUT2D eigenvalue weighted by Gasteiger charge is 2.29. The number of amides is 1. The summed E-state index contributed by atoms with van der Waals surface area (Å²) < 4.78 is 11.4. The van der Waals surface area contributed by atoms with E-state index in [-0.39, 0.29) is 10.9 Å². The Morgan fingerprint density at radius 1 is 1.12 bits per heavy atom. The van der Waals surface area contributed by atoms with Crippen molar-refractivity contribution < 1.29 is 24.2 Å². The number of fused-ring (bicyclic) bond motifs is 1. The molecule has 0 aliphatic carbocycles. The van der Waals surface area contributed by atoms with Gasteiger partial charge in [-0.2, -0.15) is 0 Å². The maximum absolute atomic E-state index is 12.4. The van der Waals surface area contributed by atoms with Crippen molar-refractivity contribution in [2.75, 3.05) is 13.2 Å². The van der Waals surface area contributed by atoms with Crippen LogP contribution in [0.2, 0.25) is 15.1 Å². The number of aliphatic carboxylic acids is 1. The molecule has 1 aliphatic rings. The van der Waals surface area contributed by atoms with Crippen LogP contribution in [-0.2, 0) is 11.2 Å². The fourth-order valence-corrected chi connectivity index (χ4v) is 4.23. The normalized spacial score (nSPS) is 14.6. The van der Waals surface area contributed by atoms with Crippen molar-refractivity contribution in [2.45, 2.75) is 18.8 Å². The molecule has 4 rings (SSSR count). The molecule has 1 aromatic heterocycles. The highest BCUT2D eigenvalue weighted by Crippen LogP contribution is 2.41. The van der Waals surface area contributed by atoms with E-state index in [1.54, 1.807) is 42.5 Å². The van der Waals surface area contributed by atoms with E-state index in [1.807, 2.05) is 0 Å². The van der Waals surface area contributed by atoms with Crippen LogP contribution in [0.5, 0.6) is 17.2 Å². The second-order valence-corrected chi connectivity index (χ2v) is 8.81. The number of aromatic nitrogens is 1. The summed E-state index contributed by atoms with van der Waals surface area (Å²) in [5.41, 5.74) is 1.63. The lowest BCUT2D eigenvalue weighted by molar-refractivity contribution is -0.139. The van der Waals surface area contributed by atoms with Gasteiger partial charge in [-0.15, -0.1) is 0 Å². The zero-order chi connectivity index (χ0) is 24.2. The Morgan fingerprint density at radius 3 is 2.59 bits per heavy atom. The summed E-state index contributed by atoms with van der Waals surface area (Å²) in [5.74, 6) is -0.617. The van der Waals surface area contributed by atoms with Crippen LogP contribution in [0.25, 0.3) is 0 Å². The van der Waals surface area contributed by atoms with Crippen molar-refractivity contribution in [3.63, 3.8) is 0 Å². The zero-order valence-corrected chi connectivity index (χ0v) is 20.0. The molecular formula is C24H19Cl3N2O5. The Hall–Kier alpha value is -3.00. The Bertz CT molecular complexity index is 1230. The number of carbonyl (C=O) groups excluding carboxylic acids is 1. The van der Waals surface area contributed by atoms with Gasteiger partial charge in [-0.3, -0.25) is 14.6 Å². The van der Waals surface area contributed by atoms with Crippen molar-refractivity contribution in [1.29, 1.82) is 0 Å². The lowest BCUT2D eigenvalue weighted by Gasteiger charge is -2.24. The summed E-state index contributed by atoms with van der Waals surface area (Å²) in [6.07, 6.45) is 2.35. The highest BCUT2D eigenvalue weighted by molar-refractivity contribution is 6.34. The SMILES string of the molecule is O=C(NCCc1ncc(Cl)cc1Cl)c1ccc(Oc2cc3c(cc2Cl)C(C(=O)O)CCO3)cc1. The number of carboxylic acids is 1. The zero-order valence-electron chi connectivity index (χ0n) is 17.7. The number of rotatable bonds is 7. The third kappa shape index (κ3) is 5.55. The van der Waals surface area contributed by atoms with Crippen LogP contribution in [0.15, 0.2) is 48.7 Å². The number of pyridine rings is 1. The minimum Gasteiger partial charge on any atom is -0.493 e. The van der Waals surface area contributed by atoms with E-state index in [4.69, 9.17) is 44.3 Å². The van der Waals surface area contributed by atoms with Crippen LogP contribution in [0.3, 0.4) is 0 Å². The molecule has 0 spiro atoms. The van der Waals surface area contributed by atoms with Crippen molar-refractivity contribution in [1.82, 2.24) is 10.3 Å². The Labute approximate surface area is 210 Å². The van der Waals surface area contributed by atoms with Gasteiger partial charge in [0, 0.05) is 36.4 Å². The van der Waals surface area contributed by atoms with Crippen LogP contribution in [0, 0.1) is 0 Å². The quantitative estimate of drug-likeness (QED) is 0.410. The summed E-state index contributed by atoms with van der Waals surface area (Å²) in [4.78, 5) is 28.1. The molecule has 7 nitrogen and oxygen atoms in total. The molecule has 1 amide bonds. The standard InChI is InChI=1S/C24H19Cl3N2O5/c25-14-9-18(26)20(29-12-14)5-7-28-23(30)13-1-3-15(4-2-13)34-22-11-21-17(10-19(22)27)16(24(31)32)6-8-33-21/h1-4,9-12,16H,5-8H2,(H,28,30)(H,31,32). The highest BCUT2D eigenvalue weighted by atomic mass is 35.5. The number of benzene rings is 2. The van der Waals surface area contributed by atoms with Crippen LogP contribution >= 0.6 is 34.8 Å². The topological polar surface area (TPSA) is 97.8 Å². The molecule has 2 heterocycles. The predicted octanol–water partition coefficient (Wildman–Crippen LogP) is 5.76. The molecule has 2 aromatic carbocycles. The molecule has 2 N–H and O–H groups in total. The minimum atomic E-state index is -0.921. The summed E-state index contributed by atoms with van der Waals surface area (Å²) in [6.45, 7) is 0.655. The van der Waals surface area contributed by atoms with Crippen molar-refractivity contribution in [2.24, 2.45) is 0 Å². The number of carbonyl (C=O) groups is 2. The van der Waals surface area contributed by atoms with E-state index in [0.717, 1.165) is 0 Å². The lowest BCUT2D eigenvalue weighted by Crippen LogP contribution is -2.25. The second-order valence-electron chi connectivity index (χ2n) is 7.56. The largest absolute Gasteiger partial charge is 0.493 e. The first-order valence-electron chi connectivity index (χ1n) is 10.4. The number of hydrogen-bond donors (Lipinski definition) is 2. The van der Waals surface area contributed by atoms with E-state index in [1.165, 1.54) is 6.20 Å². The van der Waals surface area contributed by atoms with Crippen molar-refractivity contribution in [3.05, 3.63) is 80.6 Å². The minimum absolute atomic E-state index is 0.253. The number of carboxylic acid groups (broad SMARTS) is 1. The Kier molecular flexibility index (Phi) is 7.46. The molecule has 1 unspecified atom stereocenters. The Balaban J connectivity index is 1.38. The van der Waals surface area contributed by atoms with Gasteiger partial charge in [0.1, 0.15) is 17.2 Å². The first-order valence-corrected chi connectivity index (χ1v) is 11.5. The molecule has 0 bridgehead atoms. The molecule has 3 aromatic rings. The fraction of sp³-hybridized carbons (Fsp3) is 0.208. The fourth-order valence-electron chi connectivity index (χ4n) is 3.55. The van der Waals surface area contributed by atoms with E-state index in [2.05, 4.69) is 10.3 Å². The molecule has 1 aliphatic heterocycles. The third-order valence-electron chi connectivity index (χ3n) is 5.28. The first kappa shape index (κ1) is 24.1. The molecule has 176 valence electrons. The van der Waals surface area contributed by atoms with Crippen LogP contribution in [-0.4, -0.2) is 35.1 Å². The molecule has 0 fully saturated rings. The number of hydrogen-bond acceptors (Lipinski definition) is 5. The second kappa shape index (κ2) is 10.5. The van der Waals surface area contributed by atoms with Gasteiger partial charge in [0.25, 0.3) is 5.91 Å². The van der Waals surface area contributed by atoms with E-state index >= 15 is 0 Å². The average Bonchev–Trinajstić information content (AvgIpc) is 2.81. The molecular weight excluding hydrogens is 503 g/mol. The third-order valence-corrected chi connectivity index (χ3v) is 6.11. The van der Waals surface area contributed by atoms with Crippen LogP contribution < -0.4 is 14.8 Å². The van der Waals surface area contributed by atoms with Gasteiger partial charge in [0.15, 0.2) is 0 Å². The van der Waals surface area contributed by atoms with Gasteiger partial charge in [-0.25, -0.2) is 0 Å². The van der Waals surface area contributed by atoms with Gasteiger partial charge in [0.05, 0.1) is 33.3 Å². The predicted molar refractivity (Wildman–Crippen MR) is 129 cm³/mol. The molecule has 1 atom stereocenters. The van der Waals surface area contributed by atoms with Gasteiger partial charge in [-0.1, -0.05) is 34.8 Å². The lowest BCUT2D eigenvalue weighted by atomic mass is 9.93. The monoisotopic (exact) mass is 520 g/mol. The first-order chi connectivity index (χ1) is 16.3. The van der Waals surface area contributed by atoms with Gasteiger partial charge in [0.2, 0.25) is 0 Å². The summed E-state index contributed by atoms with van der Waals surface area (Å²) in [7, 11) is 0. The summed E-state index contributed by atoms with van der Waals surface area (Å²) in [6, 6.07) is 11.3. The average molecular weight is 522 g/mol. The van der Waals surface area contributed by atoms with Crippen molar-refractivity contribution >= 4 is 46.7 Å². The molecule has 10 heteroatoms. The molecule has 0 saturated heterocycles. The number of halogens is 3. The van der Waals surface area contributed by atoms with Gasteiger partial charge >= 0.3 is 5.97 Å². The van der Waals surface area contributed by atoms with E-state index in [0.29, 0.717) is 70.1 Å². The van der Waals surface area contributed by atoms with Gasteiger partial charge < -0.3 is 19.9 Å². The summed E-state index contributed by atoms with van der Waals surface area (Å²) >= 11 is 18.3. The van der Waals surface area contributed by atoms with Crippen molar-refractivity contribution in [3.8, 4) is 17.2 Å². The molecule has 34 heavy (non-hydrogen) atoms. The molecule has 0 saturated carbocycles. The smallest absolute Gasteiger partial charge is 0.311 e. The van der Waals surface area contributed by atoms with Crippen LogP contribution in [0.1, 0.15) is 34.0 Å². The maximum atomic E-state index is 12.4. The van der Waals surface area contributed by atoms with Crippen LogP contribution in [0.4, 0.5) is 0 Å². The maximum Gasteiger partial charge on any atom is 0.311 e. The van der Waals surface area contributed by atoms with E-state index in [9.17, 15) is 14.7 Å². The number of nitrogens with zero attached hydrogens (tertiary/aromatic N) is 1. The van der Waals surface area contributed by atoms with Gasteiger partial charge in [-0.05, 0) is 42.8 Å².